The van der Waals surface area contributed by atoms with E-state index in [-0.39, 0.29) is 11.9 Å². The van der Waals surface area contributed by atoms with Crippen LogP contribution in [0.5, 0.6) is 5.75 Å². The summed E-state index contributed by atoms with van der Waals surface area (Å²) in [5.41, 5.74) is 0.866. The topological polar surface area (TPSA) is 50.4 Å². The maximum atomic E-state index is 12.1. The van der Waals surface area contributed by atoms with Gasteiger partial charge in [-0.15, -0.1) is 0 Å². The van der Waals surface area contributed by atoms with Gasteiger partial charge in [0.25, 0.3) is 0 Å². The summed E-state index contributed by atoms with van der Waals surface area (Å²) in [5.74, 6) is 0.807. The number of hydrogen-bond donors (Lipinski definition) is 2. The van der Waals surface area contributed by atoms with Crippen LogP contribution in [0.1, 0.15) is 32.6 Å². The van der Waals surface area contributed by atoms with Crippen molar-refractivity contribution in [1.82, 2.24) is 5.32 Å². The van der Waals surface area contributed by atoms with Gasteiger partial charge in [0.1, 0.15) is 11.8 Å². The molecule has 1 aliphatic carbocycles. The fourth-order valence-electron chi connectivity index (χ4n) is 2.48. The predicted octanol–water partition coefficient (Wildman–Crippen LogP) is 3.32. The van der Waals surface area contributed by atoms with Crippen molar-refractivity contribution < 1.29 is 9.53 Å². The van der Waals surface area contributed by atoms with Crippen molar-refractivity contribution in [3.8, 4) is 5.75 Å². The summed E-state index contributed by atoms with van der Waals surface area (Å²) in [6, 6.07) is 5.78. The van der Waals surface area contributed by atoms with Crippen molar-refractivity contribution in [2.24, 2.45) is 0 Å². The Kier molecular flexibility index (Phi) is 5.29. The molecule has 1 unspecified atom stereocenters. The first kappa shape index (κ1) is 15.2. The van der Waals surface area contributed by atoms with Crippen molar-refractivity contribution in [2.45, 2.75) is 44.7 Å². The summed E-state index contributed by atoms with van der Waals surface area (Å²) in [7, 11) is 1.63. The first-order valence-electron chi connectivity index (χ1n) is 7.00. The predicted molar refractivity (Wildman–Crippen MR) is 84.2 cm³/mol. The van der Waals surface area contributed by atoms with Gasteiger partial charge in [-0.2, -0.15) is 0 Å². The van der Waals surface area contributed by atoms with E-state index in [0.29, 0.717) is 6.04 Å². The van der Waals surface area contributed by atoms with Crippen LogP contribution in [0.15, 0.2) is 22.7 Å². The third-order valence-electron chi connectivity index (χ3n) is 3.59. The molecule has 0 radical (unpaired) electrons. The fraction of sp³-hybridized carbons (Fsp3) is 0.533. The molecule has 1 aliphatic rings. The van der Waals surface area contributed by atoms with Crippen LogP contribution in [-0.2, 0) is 4.79 Å². The molecule has 0 spiro atoms. The number of carbonyl (C=O) groups excluding carboxylic acids is 1. The normalized spacial score (nSPS) is 16.8. The highest BCUT2D eigenvalue weighted by molar-refractivity contribution is 9.10. The molecule has 1 atom stereocenters. The molecule has 0 bridgehead atoms. The summed E-state index contributed by atoms with van der Waals surface area (Å²) in [6.45, 7) is 1.87. The molecule has 0 saturated heterocycles. The summed E-state index contributed by atoms with van der Waals surface area (Å²) in [4.78, 5) is 12.1. The van der Waals surface area contributed by atoms with Crippen LogP contribution in [0, 0.1) is 0 Å². The smallest absolute Gasteiger partial charge is 0.242 e. The van der Waals surface area contributed by atoms with E-state index >= 15 is 0 Å². The Morgan fingerprint density at radius 3 is 2.70 bits per heavy atom. The molecule has 1 fully saturated rings. The highest BCUT2D eigenvalue weighted by Gasteiger charge is 2.20. The van der Waals surface area contributed by atoms with E-state index in [0.717, 1.165) is 28.8 Å². The van der Waals surface area contributed by atoms with Gasteiger partial charge in [-0.05, 0) is 31.9 Å². The van der Waals surface area contributed by atoms with Gasteiger partial charge in [0.2, 0.25) is 5.91 Å². The highest BCUT2D eigenvalue weighted by atomic mass is 79.9. The number of carbonyl (C=O) groups is 1. The Bertz CT molecular complexity index is 473. The number of hydrogen-bond acceptors (Lipinski definition) is 3. The van der Waals surface area contributed by atoms with Crippen molar-refractivity contribution >= 4 is 27.5 Å². The second-order valence-electron chi connectivity index (χ2n) is 5.24. The van der Waals surface area contributed by atoms with Crippen LogP contribution in [0.4, 0.5) is 5.69 Å². The van der Waals surface area contributed by atoms with E-state index in [4.69, 9.17) is 4.74 Å². The van der Waals surface area contributed by atoms with Gasteiger partial charge in [-0.3, -0.25) is 4.79 Å². The minimum Gasteiger partial charge on any atom is -0.497 e. The summed E-state index contributed by atoms with van der Waals surface area (Å²) < 4.78 is 6.13. The number of amides is 1. The van der Waals surface area contributed by atoms with Gasteiger partial charge in [-0.25, -0.2) is 0 Å². The second kappa shape index (κ2) is 6.97. The summed E-state index contributed by atoms with van der Waals surface area (Å²) in [5, 5.41) is 6.31. The Labute approximate surface area is 128 Å². The number of anilines is 1. The van der Waals surface area contributed by atoms with Crippen LogP contribution >= 0.6 is 15.9 Å². The standard InChI is InChI=1S/C15H21BrN2O2/c1-10(15(19)18-12-5-3-4-6-12)17-13-7-11(16)8-14(9-13)20-2/h7-10,12,17H,3-6H2,1-2H3,(H,18,19). The SMILES string of the molecule is COc1cc(Br)cc(NC(C)C(=O)NC2CCCC2)c1. The zero-order valence-electron chi connectivity index (χ0n) is 11.9. The van der Waals surface area contributed by atoms with Gasteiger partial charge in [0, 0.05) is 22.3 Å². The monoisotopic (exact) mass is 340 g/mol. The number of rotatable bonds is 5. The molecule has 20 heavy (non-hydrogen) atoms. The number of methoxy groups -OCH3 is 1. The summed E-state index contributed by atoms with van der Waals surface area (Å²) >= 11 is 3.43. The van der Waals surface area contributed by atoms with Crippen molar-refractivity contribution in [3.63, 3.8) is 0 Å². The van der Waals surface area contributed by atoms with E-state index < -0.39 is 0 Å². The molecule has 0 aromatic heterocycles. The van der Waals surface area contributed by atoms with Crippen LogP contribution < -0.4 is 15.4 Å². The molecule has 1 saturated carbocycles. The van der Waals surface area contributed by atoms with Gasteiger partial charge in [0.15, 0.2) is 0 Å². The molecule has 2 N–H and O–H groups in total. The van der Waals surface area contributed by atoms with E-state index in [1.54, 1.807) is 7.11 Å². The Morgan fingerprint density at radius 2 is 2.05 bits per heavy atom. The highest BCUT2D eigenvalue weighted by Crippen LogP contribution is 2.25. The lowest BCUT2D eigenvalue weighted by Crippen LogP contribution is -2.42. The number of nitrogens with one attached hydrogen (secondary N) is 2. The van der Waals surface area contributed by atoms with Gasteiger partial charge in [-0.1, -0.05) is 28.8 Å². The first-order valence-corrected chi connectivity index (χ1v) is 7.79. The molecule has 1 aromatic carbocycles. The number of ether oxygens (including phenoxy) is 1. The molecule has 2 rings (SSSR count). The lowest BCUT2D eigenvalue weighted by molar-refractivity contribution is -0.122. The molecule has 0 aliphatic heterocycles. The van der Waals surface area contributed by atoms with Crippen molar-refractivity contribution in [2.75, 3.05) is 12.4 Å². The van der Waals surface area contributed by atoms with Gasteiger partial charge >= 0.3 is 0 Å². The van der Waals surface area contributed by atoms with Gasteiger partial charge in [0.05, 0.1) is 7.11 Å². The summed E-state index contributed by atoms with van der Waals surface area (Å²) in [6.07, 6.45) is 4.64. The molecule has 4 nitrogen and oxygen atoms in total. The quantitative estimate of drug-likeness (QED) is 0.864. The third-order valence-corrected chi connectivity index (χ3v) is 4.04. The lowest BCUT2D eigenvalue weighted by Gasteiger charge is -2.19. The van der Waals surface area contributed by atoms with E-state index in [1.165, 1.54) is 12.8 Å². The Morgan fingerprint density at radius 1 is 1.35 bits per heavy atom. The maximum Gasteiger partial charge on any atom is 0.242 e. The zero-order chi connectivity index (χ0) is 14.5. The maximum absolute atomic E-state index is 12.1. The van der Waals surface area contributed by atoms with E-state index in [2.05, 4.69) is 26.6 Å². The Balaban J connectivity index is 1.94. The second-order valence-corrected chi connectivity index (χ2v) is 6.15. The average molecular weight is 341 g/mol. The average Bonchev–Trinajstić information content (AvgIpc) is 2.90. The molecular weight excluding hydrogens is 320 g/mol. The number of benzene rings is 1. The van der Waals surface area contributed by atoms with Crippen LogP contribution in [0.3, 0.4) is 0 Å². The molecule has 5 heteroatoms. The molecule has 1 amide bonds. The minimum atomic E-state index is -0.269. The molecule has 110 valence electrons. The molecule has 1 aromatic rings. The zero-order valence-corrected chi connectivity index (χ0v) is 13.5. The fourth-order valence-corrected chi connectivity index (χ4v) is 2.95. The van der Waals surface area contributed by atoms with Crippen LogP contribution in [0.25, 0.3) is 0 Å². The lowest BCUT2D eigenvalue weighted by atomic mass is 10.2. The Hall–Kier alpha value is -1.23. The molecular formula is C15H21BrN2O2. The van der Waals surface area contributed by atoms with Gasteiger partial charge < -0.3 is 15.4 Å². The van der Waals surface area contributed by atoms with E-state index in [1.807, 2.05) is 25.1 Å². The third kappa shape index (κ3) is 4.13. The largest absolute Gasteiger partial charge is 0.497 e. The van der Waals surface area contributed by atoms with Crippen LogP contribution in [0.2, 0.25) is 0 Å². The molecule has 0 heterocycles. The number of halogens is 1. The first-order chi connectivity index (χ1) is 9.58. The van der Waals surface area contributed by atoms with E-state index in [9.17, 15) is 4.79 Å². The minimum absolute atomic E-state index is 0.0517. The van der Waals surface area contributed by atoms with Crippen LogP contribution in [-0.4, -0.2) is 25.1 Å². The van der Waals surface area contributed by atoms with Crippen molar-refractivity contribution in [3.05, 3.63) is 22.7 Å². The van der Waals surface area contributed by atoms with Crippen molar-refractivity contribution in [1.29, 1.82) is 0 Å².